The molecular weight excluding hydrogens is 378 g/mol. The van der Waals surface area contributed by atoms with Gasteiger partial charge in [0.15, 0.2) is 0 Å². The maximum atomic E-state index is 12.6. The smallest absolute Gasteiger partial charge is 0.228 e. The molecule has 2 aromatic carbocycles. The van der Waals surface area contributed by atoms with Gasteiger partial charge in [0, 0.05) is 16.6 Å². The minimum absolute atomic E-state index is 0.184. The normalized spacial score (nSPS) is 17.8. The van der Waals surface area contributed by atoms with E-state index >= 15 is 0 Å². The maximum Gasteiger partial charge on any atom is 0.228 e. The van der Waals surface area contributed by atoms with Crippen LogP contribution in [0.4, 0.5) is 11.4 Å². The number of halogens is 1. The van der Waals surface area contributed by atoms with E-state index in [0.717, 1.165) is 10.9 Å². The van der Waals surface area contributed by atoms with Crippen molar-refractivity contribution in [2.75, 3.05) is 17.7 Å². The van der Waals surface area contributed by atoms with Crippen LogP contribution >= 0.6 is 11.6 Å². The summed E-state index contributed by atoms with van der Waals surface area (Å²) in [6, 6.07) is 14.4. The number of hydrogen-bond acceptors (Lipinski definition) is 4. The van der Waals surface area contributed by atoms with Crippen molar-refractivity contribution in [3.8, 4) is 5.75 Å². The van der Waals surface area contributed by atoms with Gasteiger partial charge in [0.25, 0.3) is 0 Å². The molecule has 0 aliphatic heterocycles. The van der Waals surface area contributed by atoms with E-state index in [9.17, 15) is 9.59 Å². The van der Waals surface area contributed by atoms with Crippen LogP contribution < -0.4 is 15.4 Å². The Balaban J connectivity index is 1.43. The van der Waals surface area contributed by atoms with Gasteiger partial charge in [-0.05, 0) is 36.8 Å². The first-order valence-electron chi connectivity index (χ1n) is 8.86. The number of anilines is 2. The van der Waals surface area contributed by atoms with Crippen LogP contribution in [0.5, 0.6) is 5.75 Å². The van der Waals surface area contributed by atoms with E-state index < -0.39 is 0 Å². The minimum Gasteiger partial charge on any atom is -0.495 e. The number of amides is 2. The molecule has 28 heavy (non-hydrogen) atoms. The van der Waals surface area contributed by atoms with Crippen molar-refractivity contribution >= 4 is 45.7 Å². The highest BCUT2D eigenvalue weighted by Gasteiger charge is 2.48. The molecule has 0 radical (unpaired) electrons. The molecule has 2 unspecified atom stereocenters. The summed E-state index contributed by atoms with van der Waals surface area (Å²) in [5.74, 6) is -0.648. The summed E-state index contributed by atoms with van der Waals surface area (Å²) in [4.78, 5) is 29.5. The summed E-state index contributed by atoms with van der Waals surface area (Å²) in [5.41, 5.74) is 1.86. The fourth-order valence-corrected chi connectivity index (χ4v) is 3.38. The van der Waals surface area contributed by atoms with E-state index in [4.69, 9.17) is 16.3 Å². The SMILES string of the molecule is COc1ccc(Cl)cc1NC(=O)C1CC1C(=O)Nc1cccc2cccnc12. The highest BCUT2D eigenvalue weighted by molar-refractivity contribution is 6.31. The van der Waals surface area contributed by atoms with Gasteiger partial charge in [-0.15, -0.1) is 0 Å². The van der Waals surface area contributed by atoms with Gasteiger partial charge in [-0.25, -0.2) is 0 Å². The maximum absolute atomic E-state index is 12.6. The number of fused-ring (bicyclic) bond motifs is 1. The van der Waals surface area contributed by atoms with Crippen LogP contribution in [0.1, 0.15) is 6.42 Å². The van der Waals surface area contributed by atoms with E-state index in [0.29, 0.717) is 28.6 Å². The highest BCUT2D eigenvalue weighted by Crippen LogP contribution is 2.41. The fourth-order valence-electron chi connectivity index (χ4n) is 3.21. The van der Waals surface area contributed by atoms with Crippen LogP contribution in [-0.2, 0) is 9.59 Å². The molecule has 0 bridgehead atoms. The second-order valence-electron chi connectivity index (χ2n) is 6.65. The van der Waals surface area contributed by atoms with E-state index in [2.05, 4.69) is 15.6 Å². The summed E-state index contributed by atoms with van der Waals surface area (Å²) in [6.07, 6.45) is 2.18. The van der Waals surface area contributed by atoms with Crippen molar-refractivity contribution < 1.29 is 14.3 Å². The number of carbonyl (C=O) groups is 2. The summed E-state index contributed by atoms with van der Waals surface area (Å²) in [5, 5.41) is 7.14. The molecule has 0 saturated heterocycles. The lowest BCUT2D eigenvalue weighted by atomic mass is 10.2. The number of ether oxygens (including phenoxy) is 1. The molecule has 142 valence electrons. The quantitative estimate of drug-likeness (QED) is 0.681. The van der Waals surface area contributed by atoms with E-state index in [-0.39, 0.29) is 23.7 Å². The van der Waals surface area contributed by atoms with E-state index in [1.807, 2.05) is 30.3 Å². The highest BCUT2D eigenvalue weighted by atomic mass is 35.5. The van der Waals surface area contributed by atoms with Gasteiger partial charge in [0.2, 0.25) is 11.8 Å². The number of methoxy groups -OCH3 is 1. The minimum atomic E-state index is -0.383. The van der Waals surface area contributed by atoms with Crippen LogP contribution in [0.15, 0.2) is 54.7 Å². The third-order valence-corrected chi connectivity index (χ3v) is 5.01. The lowest BCUT2D eigenvalue weighted by Crippen LogP contribution is -2.21. The zero-order valence-electron chi connectivity index (χ0n) is 15.1. The molecule has 0 spiro atoms. The van der Waals surface area contributed by atoms with Gasteiger partial charge in [-0.1, -0.05) is 29.8 Å². The zero-order chi connectivity index (χ0) is 19.7. The Morgan fingerprint density at radius 2 is 1.75 bits per heavy atom. The molecule has 4 rings (SSSR count). The van der Waals surface area contributed by atoms with Crippen LogP contribution in [0.3, 0.4) is 0 Å². The monoisotopic (exact) mass is 395 g/mol. The van der Waals surface area contributed by atoms with Crippen molar-refractivity contribution in [1.82, 2.24) is 4.98 Å². The summed E-state index contributed by atoms with van der Waals surface area (Å²) in [6.45, 7) is 0. The van der Waals surface area contributed by atoms with Crippen molar-refractivity contribution in [1.29, 1.82) is 0 Å². The van der Waals surface area contributed by atoms with Crippen LogP contribution in [0.25, 0.3) is 10.9 Å². The second kappa shape index (κ2) is 7.48. The third kappa shape index (κ3) is 3.64. The van der Waals surface area contributed by atoms with Crippen LogP contribution in [-0.4, -0.2) is 23.9 Å². The first kappa shape index (κ1) is 18.3. The number of nitrogens with zero attached hydrogens (tertiary/aromatic N) is 1. The summed E-state index contributed by atoms with van der Waals surface area (Å²) < 4.78 is 5.24. The Morgan fingerprint density at radius 1 is 1.04 bits per heavy atom. The molecule has 3 aromatic rings. The number of nitrogens with one attached hydrogen (secondary N) is 2. The third-order valence-electron chi connectivity index (χ3n) is 4.77. The Labute approximate surface area is 166 Å². The number of para-hydroxylation sites is 1. The largest absolute Gasteiger partial charge is 0.495 e. The molecule has 1 aromatic heterocycles. The molecule has 6 nitrogen and oxygen atoms in total. The molecule has 2 N–H and O–H groups in total. The van der Waals surface area contributed by atoms with Gasteiger partial charge in [-0.3, -0.25) is 14.6 Å². The van der Waals surface area contributed by atoms with Gasteiger partial charge in [0.1, 0.15) is 5.75 Å². The van der Waals surface area contributed by atoms with Gasteiger partial charge >= 0.3 is 0 Å². The molecule has 2 amide bonds. The van der Waals surface area contributed by atoms with Gasteiger partial charge in [-0.2, -0.15) is 0 Å². The van der Waals surface area contributed by atoms with Crippen LogP contribution in [0.2, 0.25) is 5.02 Å². The number of hydrogen-bond donors (Lipinski definition) is 2. The molecule has 1 fully saturated rings. The Bertz CT molecular complexity index is 1060. The molecule has 1 aliphatic rings. The van der Waals surface area contributed by atoms with Crippen molar-refractivity contribution in [3.63, 3.8) is 0 Å². The Morgan fingerprint density at radius 3 is 2.50 bits per heavy atom. The van der Waals surface area contributed by atoms with Gasteiger partial charge < -0.3 is 15.4 Å². The number of rotatable bonds is 5. The molecule has 1 heterocycles. The van der Waals surface area contributed by atoms with Gasteiger partial charge in [0.05, 0.1) is 35.8 Å². The topological polar surface area (TPSA) is 80.3 Å². The van der Waals surface area contributed by atoms with Crippen molar-refractivity contribution in [2.24, 2.45) is 11.8 Å². The number of pyridine rings is 1. The molecular formula is C21H18ClN3O3. The molecule has 7 heteroatoms. The second-order valence-corrected chi connectivity index (χ2v) is 7.09. The number of aromatic nitrogens is 1. The average Bonchev–Trinajstić information content (AvgIpc) is 3.50. The van der Waals surface area contributed by atoms with E-state index in [1.54, 1.807) is 24.4 Å². The standard InChI is InChI=1S/C21H18ClN3O3/c1-28-18-8-7-13(22)10-17(18)25-21(27)15-11-14(15)20(26)24-16-6-2-4-12-5-3-9-23-19(12)16/h2-10,14-15H,11H2,1H3,(H,24,26)(H,25,27). The first-order valence-corrected chi connectivity index (χ1v) is 9.23. The van der Waals surface area contributed by atoms with Crippen molar-refractivity contribution in [3.05, 3.63) is 59.8 Å². The number of benzene rings is 2. The Hall–Kier alpha value is -3.12. The molecule has 2 atom stereocenters. The summed E-state index contributed by atoms with van der Waals surface area (Å²) >= 11 is 5.99. The predicted octanol–water partition coefficient (Wildman–Crippen LogP) is 4.11. The predicted molar refractivity (Wildman–Crippen MR) is 109 cm³/mol. The first-order chi connectivity index (χ1) is 13.6. The van der Waals surface area contributed by atoms with E-state index in [1.165, 1.54) is 7.11 Å². The Kier molecular flexibility index (Phi) is 4.88. The molecule has 1 saturated carbocycles. The van der Waals surface area contributed by atoms with Crippen LogP contribution in [0, 0.1) is 11.8 Å². The lowest BCUT2D eigenvalue weighted by Gasteiger charge is -2.11. The average molecular weight is 396 g/mol. The van der Waals surface area contributed by atoms with Crippen molar-refractivity contribution in [2.45, 2.75) is 6.42 Å². The summed E-state index contributed by atoms with van der Waals surface area (Å²) in [7, 11) is 1.52. The molecule has 1 aliphatic carbocycles. The number of carbonyl (C=O) groups excluding carboxylic acids is 2. The fraction of sp³-hybridized carbons (Fsp3) is 0.190. The lowest BCUT2D eigenvalue weighted by molar-refractivity contribution is -0.122. The zero-order valence-corrected chi connectivity index (χ0v) is 15.9.